The molecule has 0 bridgehead atoms. The van der Waals surface area contributed by atoms with Gasteiger partial charge in [0.15, 0.2) is 11.5 Å². The molecule has 0 saturated carbocycles. The zero-order valence-corrected chi connectivity index (χ0v) is 17.3. The van der Waals surface area contributed by atoms with Gasteiger partial charge in [0.1, 0.15) is 0 Å². The van der Waals surface area contributed by atoms with Crippen LogP contribution in [0.5, 0.6) is 11.5 Å². The highest BCUT2D eigenvalue weighted by atomic mass is 32.2. The van der Waals surface area contributed by atoms with E-state index in [-0.39, 0.29) is 23.4 Å². The number of thioether (sulfide) groups is 1. The van der Waals surface area contributed by atoms with Crippen LogP contribution >= 0.6 is 11.8 Å². The van der Waals surface area contributed by atoms with E-state index in [4.69, 9.17) is 4.74 Å². The standard InChI is InChI=1S/C23H23NO4S/c1-4-6-18-11-17(12-19(21(18)25)28-5-2)13-20-22(26)24(23(27)29-20)14-16-9-7-15(3)8-10-16/h4,7-13,25H,1,5-6,14H2,2-3H3/b20-13-. The minimum Gasteiger partial charge on any atom is -0.504 e. The first-order valence-corrected chi connectivity index (χ1v) is 10.1. The van der Waals surface area contributed by atoms with Crippen LogP contribution in [0.2, 0.25) is 0 Å². The number of hydrogen-bond acceptors (Lipinski definition) is 5. The number of ether oxygens (including phenoxy) is 1. The molecule has 1 heterocycles. The number of nitrogens with zero attached hydrogens (tertiary/aromatic N) is 1. The summed E-state index contributed by atoms with van der Waals surface area (Å²) in [5.74, 6) is 0.0882. The number of imide groups is 1. The Balaban J connectivity index is 1.88. The lowest BCUT2D eigenvalue weighted by atomic mass is 10.0. The molecule has 6 heteroatoms. The zero-order valence-electron chi connectivity index (χ0n) is 16.5. The number of rotatable bonds is 7. The van der Waals surface area contributed by atoms with Crippen LogP contribution < -0.4 is 4.74 Å². The summed E-state index contributed by atoms with van der Waals surface area (Å²) in [7, 11) is 0. The van der Waals surface area contributed by atoms with E-state index in [1.165, 1.54) is 4.90 Å². The molecule has 1 aliphatic heterocycles. The average Bonchev–Trinajstić information content (AvgIpc) is 2.95. The number of amides is 2. The van der Waals surface area contributed by atoms with Gasteiger partial charge in [-0.2, -0.15) is 0 Å². The summed E-state index contributed by atoms with van der Waals surface area (Å²) in [5, 5.41) is 10.0. The molecule has 1 N–H and O–H groups in total. The molecule has 5 nitrogen and oxygen atoms in total. The molecule has 150 valence electrons. The van der Waals surface area contributed by atoms with E-state index in [9.17, 15) is 14.7 Å². The number of hydrogen-bond donors (Lipinski definition) is 1. The Morgan fingerprint density at radius 1 is 1.21 bits per heavy atom. The van der Waals surface area contributed by atoms with Gasteiger partial charge in [-0.1, -0.05) is 35.9 Å². The van der Waals surface area contributed by atoms with Crippen LogP contribution in [0.15, 0.2) is 54.0 Å². The molecule has 0 atom stereocenters. The number of phenols is 1. The Kier molecular flexibility index (Phi) is 6.44. The number of carbonyl (C=O) groups excluding carboxylic acids is 2. The molecular weight excluding hydrogens is 386 g/mol. The Labute approximate surface area is 174 Å². The van der Waals surface area contributed by atoms with E-state index in [2.05, 4.69) is 6.58 Å². The van der Waals surface area contributed by atoms with Gasteiger partial charge >= 0.3 is 0 Å². The van der Waals surface area contributed by atoms with Crippen molar-refractivity contribution in [3.63, 3.8) is 0 Å². The van der Waals surface area contributed by atoms with E-state index in [0.717, 1.165) is 22.9 Å². The fraction of sp³-hybridized carbons (Fsp3) is 0.217. The van der Waals surface area contributed by atoms with E-state index in [1.54, 1.807) is 24.3 Å². The normalized spacial score (nSPS) is 15.2. The Hall–Kier alpha value is -2.99. The van der Waals surface area contributed by atoms with Crippen LogP contribution in [0.25, 0.3) is 6.08 Å². The van der Waals surface area contributed by atoms with Crippen molar-refractivity contribution in [3.05, 3.63) is 76.2 Å². The van der Waals surface area contributed by atoms with Gasteiger partial charge in [0.25, 0.3) is 11.1 Å². The van der Waals surface area contributed by atoms with Crippen molar-refractivity contribution in [2.75, 3.05) is 6.61 Å². The van der Waals surface area contributed by atoms with Gasteiger partial charge in [0.05, 0.1) is 18.1 Å². The lowest BCUT2D eigenvalue weighted by Gasteiger charge is -2.13. The highest BCUT2D eigenvalue weighted by Gasteiger charge is 2.35. The number of carbonyl (C=O) groups is 2. The molecule has 1 aliphatic rings. The van der Waals surface area contributed by atoms with Crippen LogP contribution in [0.4, 0.5) is 4.79 Å². The van der Waals surface area contributed by atoms with Gasteiger partial charge in [0, 0.05) is 5.56 Å². The molecule has 29 heavy (non-hydrogen) atoms. The second-order valence-electron chi connectivity index (χ2n) is 6.71. The van der Waals surface area contributed by atoms with Crippen molar-refractivity contribution in [2.45, 2.75) is 26.8 Å². The van der Waals surface area contributed by atoms with E-state index in [0.29, 0.717) is 34.8 Å². The molecule has 2 amide bonds. The molecule has 0 radical (unpaired) electrons. The molecule has 1 saturated heterocycles. The number of aryl methyl sites for hydroxylation is 1. The summed E-state index contributed by atoms with van der Waals surface area (Å²) in [6, 6.07) is 11.2. The SMILES string of the molecule is C=CCc1cc(/C=C2\SC(=O)N(Cc3ccc(C)cc3)C2=O)cc(OCC)c1O. The highest BCUT2D eigenvalue weighted by Crippen LogP contribution is 2.37. The molecule has 0 spiro atoms. The first kappa shape index (κ1) is 20.7. The molecule has 0 unspecified atom stereocenters. The fourth-order valence-corrected chi connectivity index (χ4v) is 3.85. The number of phenolic OH excluding ortho intramolecular Hbond substituents is 1. The number of benzene rings is 2. The molecule has 0 aliphatic carbocycles. The van der Waals surface area contributed by atoms with E-state index < -0.39 is 0 Å². The molecular formula is C23H23NO4S. The maximum absolute atomic E-state index is 12.8. The molecule has 0 aromatic heterocycles. The van der Waals surface area contributed by atoms with E-state index in [1.807, 2.05) is 38.1 Å². The summed E-state index contributed by atoms with van der Waals surface area (Å²) in [5.41, 5.74) is 3.35. The van der Waals surface area contributed by atoms with Crippen molar-refractivity contribution in [1.82, 2.24) is 4.90 Å². The van der Waals surface area contributed by atoms with Crippen LogP contribution in [0.1, 0.15) is 29.2 Å². The van der Waals surface area contributed by atoms with Crippen LogP contribution in [0.3, 0.4) is 0 Å². The second kappa shape index (κ2) is 9.01. The summed E-state index contributed by atoms with van der Waals surface area (Å²) in [6.45, 7) is 8.16. The maximum Gasteiger partial charge on any atom is 0.293 e. The van der Waals surface area contributed by atoms with Crippen molar-refractivity contribution in [2.24, 2.45) is 0 Å². The second-order valence-corrected chi connectivity index (χ2v) is 7.70. The largest absolute Gasteiger partial charge is 0.504 e. The molecule has 2 aromatic rings. The molecule has 3 rings (SSSR count). The summed E-state index contributed by atoms with van der Waals surface area (Å²) in [6.07, 6.45) is 3.81. The molecule has 2 aromatic carbocycles. The Morgan fingerprint density at radius 3 is 2.59 bits per heavy atom. The Bertz CT molecular complexity index is 979. The van der Waals surface area contributed by atoms with Crippen LogP contribution in [0, 0.1) is 6.92 Å². The van der Waals surface area contributed by atoms with Crippen LogP contribution in [-0.2, 0) is 17.8 Å². The summed E-state index contributed by atoms with van der Waals surface area (Å²) in [4.78, 5) is 26.8. The lowest BCUT2D eigenvalue weighted by molar-refractivity contribution is -0.123. The number of aromatic hydroxyl groups is 1. The average molecular weight is 410 g/mol. The van der Waals surface area contributed by atoms with Gasteiger partial charge < -0.3 is 9.84 Å². The minimum absolute atomic E-state index is 0.0661. The summed E-state index contributed by atoms with van der Waals surface area (Å²) >= 11 is 0.917. The summed E-state index contributed by atoms with van der Waals surface area (Å²) < 4.78 is 5.50. The smallest absolute Gasteiger partial charge is 0.293 e. The van der Waals surface area contributed by atoms with Gasteiger partial charge in [-0.05, 0) is 61.4 Å². The maximum atomic E-state index is 12.8. The van der Waals surface area contributed by atoms with E-state index >= 15 is 0 Å². The van der Waals surface area contributed by atoms with Gasteiger partial charge in [-0.15, -0.1) is 6.58 Å². The third-order valence-corrected chi connectivity index (χ3v) is 5.38. The van der Waals surface area contributed by atoms with Crippen molar-refractivity contribution in [3.8, 4) is 11.5 Å². The molecule has 1 fully saturated rings. The predicted molar refractivity (Wildman–Crippen MR) is 116 cm³/mol. The minimum atomic E-state index is -0.322. The zero-order chi connectivity index (χ0) is 21.0. The third kappa shape index (κ3) is 4.71. The monoisotopic (exact) mass is 409 g/mol. The van der Waals surface area contributed by atoms with Crippen molar-refractivity contribution in [1.29, 1.82) is 0 Å². The Morgan fingerprint density at radius 2 is 1.93 bits per heavy atom. The van der Waals surface area contributed by atoms with Crippen molar-refractivity contribution >= 4 is 29.0 Å². The number of allylic oxidation sites excluding steroid dienone is 1. The fourth-order valence-electron chi connectivity index (χ4n) is 3.01. The highest BCUT2D eigenvalue weighted by molar-refractivity contribution is 8.18. The van der Waals surface area contributed by atoms with Crippen molar-refractivity contribution < 1.29 is 19.4 Å². The van der Waals surface area contributed by atoms with Gasteiger partial charge in [0.2, 0.25) is 0 Å². The van der Waals surface area contributed by atoms with Crippen LogP contribution in [-0.4, -0.2) is 27.8 Å². The first-order chi connectivity index (χ1) is 13.9. The third-order valence-electron chi connectivity index (χ3n) is 4.47. The van der Waals surface area contributed by atoms with Gasteiger partial charge in [-0.3, -0.25) is 14.5 Å². The lowest BCUT2D eigenvalue weighted by Crippen LogP contribution is -2.27. The topological polar surface area (TPSA) is 66.8 Å². The predicted octanol–water partition coefficient (Wildman–Crippen LogP) is 5.06. The first-order valence-electron chi connectivity index (χ1n) is 9.33. The van der Waals surface area contributed by atoms with Gasteiger partial charge in [-0.25, -0.2) is 0 Å². The quantitative estimate of drug-likeness (QED) is 0.511.